The van der Waals surface area contributed by atoms with Gasteiger partial charge in [-0.25, -0.2) is 0 Å². The molecule has 0 aliphatic rings. The molecule has 1 unspecified atom stereocenters. The normalized spacial score (nSPS) is 13.4. The summed E-state index contributed by atoms with van der Waals surface area (Å²) >= 11 is 0. The van der Waals surface area contributed by atoms with Crippen LogP contribution in [0.25, 0.3) is 0 Å². The smallest absolute Gasteiger partial charge is 0.133 e. The summed E-state index contributed by atoms with van der Waals surface area (Å²) in [5.74, 6) is 1.05. The first kappa shape index (κ1) is 11.6. The van der Waals surface area contributed by atoms with Crippen LogP contribution >= 0.6 is 0 Å². The Morgan fingerprint density at radius 3 is 2.33 bits per heavy atom. The summed E-state index contributed by atoms with van der Waals surface area (Å²) < 4.78 is 0. The van der Waals surface area contributed by atoms with Crippen molar-refractivity contribution in [3.8, 4) is 0 Å². The van der Waals surface area contributed by atoms with Gasteiger partial charge in [-0.1, -0.05) is 20.8 Å². The molecule has 0 aromatic rings. The number of aliphatic hydroxyl groups is 1. The quantitative estimate of drug-likeness (QED) is 0.665. The third-order valence-electron chi connectivity index (χ3n) is 1.86. The van der Waals surface area contributed by atoms with Crippen LogP contribution in [0.1, 0.15) is 40.0 Å². The molecule has 12 heavy (non-hydrogen) atoms. The number of carbonyl (C=O) groups is 1. The largest absolute Gasteiger partial charge is 0.396 e. The second kappa shape index (κ2) is 6.18. The minimum Gasteiger partial charge on any atom is -0.396 e. The minimum absolute atomic E-state index is 0.189. The zero-order valence-corrected chi connectivity index (χ0v) is 8.34. The first-order chi connectivity index (χ1) is 5.56. The molecule has 0 fully saturated rings. The summed E-state index contributed by atoms with van der Waals surface area (Å²) in [7, 11) is 0. The van der Waals surface area contributed by atoms with Gasteiger partial charge in [0.15, 0.2) is 0 Å². The molecule has 0 saturated heterocycles. The Labute approximate surface area is 75.0 Å². The van der Waals surface area contributed by atoms with E-state index < -0.39 is 0 Å². The van der Waals surface area contributed by atoms with Gasteiger partial charge in [-0.05, 0) is 18.3 Å². The molecule has 1 N–H and O–H groups in total. The van der Waals surface area contributed by atoms with Crippen molar-refractivity contribution >= 4 is 5.78 Å². The van der Waals surface area contributed by atoms with E-state index in [1.165, 1.54) is 0 Å². The Bertz CT molecular complexity index is 130. The van der Waals surface area contributed by atoms with Crippen molar-refractivity contribution in [1.29, 1.82) is 0 Å². The molecule has 0 bridgehead atoms. The first-order valence-electron chi connectivity index (χ1n) is 4.68. The molecule has 0 spiro atoms. The van der Waals surface area contributed by atoms with Crippen LogP contribution in [-0.2, 0) is 4.79 Å². The predicted molar refractivity (Wildman–Crippen MR) is 49.9 cm³/mol. The molecule has 0 aliphatic heterocycles. The first-order valence-corrected chi connectivity index (χ1v) is 4.68. The lowest BCUT2D eigenvalue weighted by Gasteiger charge is -2.07. The molecule has 0 aliphatic carbocycles. The summed E-state index contributed by atoms with van der Waals surface area (Å²) in [6.45, 7) is 6.25. The van der Waals surface area contributed by atoms with E-state index in [0.717, 1.165) is 6.42 Å². The van der Waals surface area contributed by atoms with Crippen LogP contribution in [-0.4, -0.2) is 17.5 Å². The lowest BCUT2D eigenvalue weighted by atomic mass is 9.99. The van der Waals surface area contributed by atoms with Gasteiger partial charge < -0.3 is 5.11 Å². The number of hydrogen-bond donors (Lipinski definition) is 1. The van der Waals surface area contributed by atoms with Gasteiger partial charge in [0.25, 0.3) is 0 Å². The minimum atomic E-state index is 0.189. The SMILES string of the molecule is CC(C)CC(=O)CCC(C)CO. The second-order valence-corrected chi connectivity index (χ2v) is 3.96. The van der Waals surface area contributed by atoms with Gasteiger partial charge in [0.05, 0.1) is 0 Å². The van der Waals surface area contributed by atoms with Crippen molar-refractivity contribution in [2.75, 3.05) is 6.61 Å². The van der Waals surface area contributed by atoms with Crippen LogP contribution in [0.3, 0.4) is 0 Å². The molecule has 0 amide bonds. The molecule has 0 saturated carbocycles. The van der Waals surface area contributed by atoms with Crippen molar-refractivity contribution in [3.05, 3.63) is 0 Å². The van der Waals surface area contributed by atoms with E-state index in [-0.39, 0.29) is 12.5 Å². The molecule has 0 aromatic carbocycles. The van der Waals surface area contributed by atoms with Crippen molar-refractivity contribution in [2.24, 2.45) is 11.8 Å². The molecule has 0 radical (unpaired) electrons. The van der Waals surface area contributed by atoms with Gasteiger partial charge in [0.1, 0.15) is 5.78 Å². The van der Waals surface area contributed by atoms with Crippen LogP contribution in [0.5, 0.6) is 0 Å². The van der Waals surface area contributed by atoms with Gasteiger partial charge in [0, 0.05) is 19.4 Å². The van der Waals surface area contributed by atoms with Gasteiger partial charge in [0.2, 0.25) is 0 Å². The van der Waals surface area contributed by atoms with Crippen molar-refractivity contribution < 1.29 is 9.90 Å². The average molecular weight is 172 g/mol. The van der Waals surface area contributed by atoms with E-state index in [4.69, 9.17) is 5.11 Å². The number of carbonyl (C=O) groups excluding carboxylic acids is 1. The number of hydrogen-bond acceptors (Lipinski definition) is 2. The molecule has 0 rings (SSSR count). The Kier molecular flexibility index (Phi) is 5.99. The summed E-state index contributed by atoms with van der Waals surface area (Å²) in [6.07, 6.45) is 2.13. The van der Waals surface area contributed by atoms with Gasteiger partial charge in [-0.15, -0.1) is 0 Å². The maximum absolute atomic E-state index is 11.2. The number of aliphatic hydroxyl groups excluding tert-OH is 1. The fourth-order valence-electron chi connectivity index (χ4n) is 1.06. The summed E-state index contributed by atoms with van der Waals surface area (Å²) in [5.41, 5.74) is 0. The number of ketones is 1. The lowest BCUT2D eigenvalue weighted by molar-refractivity contribution is -0.120. The predicted octanol–water partition coefficient (Wildman–Crippen LogP) is 2.01. The van der Waals surface area contributed by atoms with Crippen molar-refractivity contribution in [2.45, 2.75) is 40.0 Å². The van der Waals surface area contributed by atoms with Crippen molar-refractivity contribution in [1.82, 2.24) is 0 Å². The Morgan fingerprint density at radius 1 is 1.33 bits per heavy atom. The highest BCUT2D eigenvalue weighted by atomic mass is 16.3. The summed E-state index contributed by atoms with van der Waals surface area (Å²) in [5, 5.41) is 8.72. The molecular formula is C10H20O2. The van der Waals surface area contributed by atoms with Crippen LogP contribution in [0.4, 0.5) is 0 Å². The fourth-order valence-corrected chi connectivity index (χ4v) is 1.06. The van der Waals surface area contributed by atoms with Crippen LogP contribution in [0, 0.1) is 11.8 Å². The molecule has 2 heteroatoms. The third-order valence-corrected chi connectivity index (χ3v) is 1.86. The number of Topliss-reactive ketones (excluding diaryl/α,β-unsaturated/α-hetero) is 1. The Balaban J connectivity index is 3.44. The standard InChI is InChI=1S/C10H20O2/c1-8(2)6-10(12)5-4-9(3)7-11/h8-9,11H,4-7H2,1-3H3. The van der Waals surface area contributed by atoms with Gasteiger partial charge >= 0.3 is 0 Å². The molecule has 0 heterocycles. The maximum atomic E-state index is 11.2. The van der Waals surface area contributed by atoms with Crippen LogP contribution < -0.4 is 0 Å². The zero-order chi connectivity index (χ0) is 9.56. The summed E-state index contributed by atoms with van der Waals surface area (Å²) in [4.78, 5) is 11.2. The molecule has 72 valence electrons. The molecule has 2 nitrogen and oxygen atoms in total. The number of rotatable bonds is 6. The molecule has 0 aromatic heterocycles. The van der Waals surface area contributed by atoms with E-state index in [1.54, 1.807) is 0 Å². The Hall–Kier alpha value is -0.370. The highest BCUT2D eigenvalue weighted by Crippen LogP contribution is 2.09. The molecule has 1 atom stereocenters. The Morgan fingerprint density at radius 2 is 1.92 bits per heavy atom. The monoisotopic (exact) mass is 172 g/mol. The van der Waals surface area contributed by atoms with Crippen LogP contribution in [0.15, 0.2) is 0 Å². The maximum Gasteiger partial charge on any atom is 0.133 e. The topological polar surface area (TPSA) is 37.3 Å². The zero-order valence-electron chi connectivity index (χ0n) is 8.34. The van der Waals surface area contributed by atoms with Crippen molar-refractivity contribution in [3.63, 3.8) is 0 Å². The van der Waals surface area contributed by atoms with E-state index in [0.29, 0.717) is 24.5 Å². The highest BCUT2D eigenvalue weighted by Gasteiger charge is 2.07. The third kappa shape index (κ3) is 6.35. The highest BCUT2D eigenvalue weighted by molar-refractivity contribution is 5.78. The lowest BCUT2D eigenvalue weighted by Crippen LogP contribution is -2.07. The van der Waals surface area contributed by atoms with Gasteiger partial charge in [-0.3, -0.25) is 4.79 Å². The average Bonchev–Trinajstić information content (AvgIpc) is 1.99. The summed E-state index contributed by atoms with van der Waals surface area (Å²) in [6, 6.07) is 0. The van der Waals surface area contributed by atoms with E-state index >= 15 is 0 Å². The second-order valence-electron chi connectivity index (χ2n) is 3.96. The van der Waals surface area contributed by atoms with Crippen LogP contribution in [0.2, 0.25) is 0 Å². The molecular weight excluding hydrogens is 152 g/mol. The fraction of sp³-hybridized carbons (Fsp3) is 0.900. The van der Waals surface area contributed by atoms with Gasteiger partial charge in [-0.2, -0.15) is 0 Å². The van der Waals surface area contributed by atoms with E-state index in [2.05, 4.69) is 0 Å². The van der Waals surface area contributed by atoms with E-state index in [9.17, 15) is 4.79 Å². The van der Waals surface area contributed by atoms with E-state index in [1.807, 2.05) is 20.8 Å².